The summed E-state index contributed by atoms with van der Waals surface area (Å²) in [7, 11) is 0. The maximum absolute atomic E-state index is 10.9. The van der Waals surface area contributed by atoms with Crippen LogP contribution in [0.3, 0.4) is 0 Å². The second kappa shape index (κ2) is 7.14. The van der Waals surface area contributed by atoms with Crippen molar-refractivity contribution < 1.29 is 14.3 Å². The van der Waals surface area contributed by atoms with Gasteiger partial charge in [-0.05, 0) is 29.8 Å². The Bertz CT molecular complexity index is 576. The molecule has 102 valence electrons. The molecule has 0 saturated carbocycles. The molecule has 3 heteroatoms. The van der Waals surface area contributed by atoms with Crippen LogP contribution in [0.2, 0.25) is 0 Å². The lowest BCUT2D eigenvalue weighted by Crippen LogP contribution is -2.04. The van der Waals surface area contributed by atoms with Gasteiger partial charge in [0.15, 0.2) is 0 Å². The van der Waals surface area contributed by atoms with Gasteiger partial charge in [0.25, 0.3) is 0 Å². The molecule has 0 aromatic heterocycles. The highest BCUT2D eigenvalue weighted by atomic mass is 16.5. The fourth-order valence-electron chi connectivity index (χ4n) is 1.72. The van der Waals surface area contributed by atoms with Gasteiger partial charge in [-0.2, -0.15) is 0 Å². The van der Waals surface area contributed by atoms with Gasteiger partial charge in [0.05, 0.1) is 6.61 Å². The summed E-state index contributed by atoms with van der Waals surface area (Å²) in [5.74, 6) is 1.16. The van der Waals surface area contributed by atoms with Crippen molar-refractivity contribution in [3.8, 4) is 11.5 Å². The Morgan fingerprint density at radius 2 is 1.80 bits per heavy atom. The number of esters is 1. The van der Waals surface area contributed by atoms with Gasteiger partial charge >= 0.3 is 5.97 Å². The lowest BCUT2D eigenvalue weighted by molar-refractivity contribution is -0.137. The predicted molar refractivity (Wildman–Crippen MR) is 77.8 cm³/mol. The van der Waals surface area contributed by atoms with Crippen LogP contribution in [0.25, 0.3) is 0 Å². The molecule has 2 aromatic rings. The summed E-state index contributed by atoms with van der Waals surface area (Å²) in [6.45, 7) is 3.69. The third-order valence-electron chi connectivity index (χ3n) is 2.68. The molecule has 0 amide bonds. The average Bonchev–Trinajstić information content (AvgIpc) is 2.48. The molecule has 0 unspecified atom stereocenters. The van der Waals surface area contributed by atoms with E-state index in [0.717, 1.165) is 23.1 Å². The zero-order chi connectivity index (χ0) is 14.2. The molecule has 0 radical (unpaired) electrons. The van der Waals surface area contributed by atoms with E-state index >= 15 is 0 Å². The molecule has 0 aliphatic rings. The molecular formula is C17H16O3. The SMILES string of the molecule is C=CC(=O)OCCc1cccc(Oc2ccccc2)c1. The number of hydrogen-bond acceptors (Lipinski definition) is 3. The summed E-state index contributed by atoms with van der Waals surface area (Å²) in [5.41, 5.74) is 1.05. The molecule has 0 bridgehead atoms. The van der Waals surface area contributed by atoms with E-state index < -0.39 is 5.97 Å². The van der Waals surface area contributed by atoms with Gasteiger partial charge in [-0.15, -0.1) is 0 Å². The van der Waals surface area contributed by atoms with Crippen LogP contribution in [0.5, 0.6) is 11.5 Å². The third kappa shape index (κ3) is 4.28. The van der Waals surface area contributed by atoms with Crippen LogP contribution >= 0.6 is 0 Å². The van der Waals surface area contributed by atoms with Crippen molar-refractivity contribution in [1.29, 1.82) is 0 Å². The average molecular weight is 268 g/mol. The Labute approximate surface area is 118 Å². The fraction of sp³-hybridized carbons (Fsp3) is 0.118. The van der Waals surface area contributed by atoms with E-state index in [2.05, 4.69) is 6.58 Å². The first-order valence-electron chi connectivity index (χ1n) is 6.39. The normalized spacial score (nSPS) is 9.80. The van der Waals surface area contributed by atoms with Crippen LogP contribution in [0.4, 0.5) is 0 Å². The largest absolute Gasteiger partial charge is 0.462 e. The van der Waals surface area contributed by atoms with Crippen molar-refractivity contribution in [3.05, 3.63) is 72.8 Å². The van der Waals surface area contributed by atoms with Crippen molar-refractivity contribution in [2.75, 3.05) is 6.61 Å². The summed E-state index contributed by atoms with van der Waals surface area (Å²) in [4.78, 5) is 10.9. The molecule has 3 nitrogen and oxygen atoms in total. The van der Waals surface area contributed by atoms with Gasteiger partial charge in [0.1, 0.15) is 11.5 Å². The highest BCUT2D eigenvalue weighted by molar-refractivity contribution is 5.81. The molecule has 0 aliphatic heterocycles. The first kappa shape index (κ1) is 13.9. The van der Waals surface area contributed by atoms with Crippen LogP contribution in [-0.2, 0) is 16.0 Å². The van der Waals surface area contributed by atoms with E-state index in [-0.39, 0.29) is 0 Å². The second-order valence-corrected chi connectivity index (χ2v) is 4.18. The van der Waals surface area contributed by atoms with Crippen molar-refractivity contribution in [2.24, 2.45) is 0 Å². The molecule has 0 spiro atoms. The highest BCUT2D eigenvalue weighted by Gasteiger charge is 2.01. The van der Waals surface area contributed by atoms with Crippen molar-refractivity contribution in [3.63, 3.8) is 0 Å². The first-order valence-corrected chi connectivity index (χ1v) is 6.39. The Kier molecular flexibility index (Phi) is 4.95. The molecule has 0 atom stereocenters. The summed E-state index contributed by atoms with van der Waals surface area (Å²) < 4.78 is 10.7. The van der Waals surface area contributed by atoms with E-state index in [1.54, 1.807) is 0 Å². The van der Waals surface area contributed by atoms with Gasteiger partial charge in [0, 0.05) is 12.5 Å². The van der Waals surface area contributed by atoms with Gasteiger partial charge in [-0.25, -0.2) is 4.79 Å². The summed E-state index contributed by atoms with van der Waals surface area (Å²) in [6, 6.07) is 17.3. The van der Waals surface area contributed by atoms with Gasteiger partial charge in [-0.3, -0.25) is 0 Å². The molecule has 0 fully saturated rings. The second-order valence-electron chi connectivity index (χ2n) is 4.18. The maximum Gasteiger partial charge on any atom is 0.330 e. The zero-order valence-electron chi connectivity index (χ0n) is 11.1. The lowest BCUT2D eigenvalue weighted by Gasteiger charge is -2.07. The minimum absolute atomic E-state index is 0.333. The topological polar surface area (TPSA) is 35.5 Å². The summed E-state index contributed by atoms with van der Waals surface area (Å²) >= 11 is 0. The van der Waals surface area contributed by atoms with E-state index in [1.165, 1.54) is 0 Å². The van der Waals surface area contributed by atoms with Crippen LogP contribution in [0.1, 0.15) is 5.56 Å². The highest BCUT2D eigenvalue weighted by Crippen LogP contribution is 2.21. The van der Waals surface area contributed by atoms with E-state index in [0.29, 0.717) is 13.0 Å². The molecule has 0 N–H and O–H groups in total. The van der Waals surface area contributed by atoms with Crippen molar-refractivity contribution in [2.45, 2.75) is 6.42 Å². The number of carbonyl (C=O) groups excluding carboxylic acids is 1. The lowest BCUT2D eigenvalue weighted by atomic mass is 10.1. The first-order chi connectivity index (χ1) is 9.78. The van der Waals surface area contributed by atoms with Gasteiger partial charge in [-0.1, -0.05) is 36.9 Å². The molecule has 20 heavy (non-hydrogen) atoms. The fourth-order valence-corrected chi connectivity index (χ4v) is 1.72. The van der Waals surface area contributed by atoms with Gasteiger partial charge in [0.2, 0.25) is 0 Å². The minimum atomic E-state index is -0.401. The molecule has 2 aromatic carbocycles. The molecule has 0 aliphatic carbocycles. The minimum Gasteiger partial charge on any atom is -0.462 e. The summed E-state index contributed by atoms with van der Waals surface area (Å²) in [6.07, 6.45) is 1.81. The monoisotopic (exact) mass is 268 g/mol. The number of rotatable bonds is 6. The number of hydrogen-bond donors (Lipinski definition) is 0. The predicted octanol–water partition coefficient (Wildman–Crippen LogP) is 3.75. The maximum atomic E-state index is 10.9. The third-order valence-corrected chi connectivity index (χ3v) is 2.68. The van der Waals surface area contributed by atoms with Crippen molar-refractivity contribution >= 4 is 5.97 Å². The van der Waals surface area contributed by atoms with Crippen LogP contribution in [0.15, 0.2) is 67.3 Å². The smallest absolute Gasteiger partial charge is 0.330 e. The Morgan fingerprint density at radius 1 is 1.05 bits per heavy atom. The van der Waals surface area contributed by atoms with Crippen LogP contribution in [-0.4, -0.2) is 12.6 Å². The Hall–Kier alpha value is -2.55. The Balaban J connectivity index is 1.94. The zero-order valence-corrected chi connectivity index (χ0v) is 11.1. The molecule has 0 saturated heterocycles. The molecular weight excluding hydrogens is 252 g/mol. The standard InChI is InChI=1S/C17H16O3/c1-2-17(18)19-12-11-14-7-6-10-16(13-14)20-15-8-4-3-5-9-15/h2-10,13H,1,11-12H2. The Morgan fingerprint density at radius 3 is 2.55 bits per heavy atom. The van der Waals surface area contributed by atoms with Crippen molar-refractivity contribution in [1.82, 2.24) is 0 Å². The number of ether oxygens (including phenoxy) is 2. The van der Waals surface area contributed by atoms with Crippen LogP contribution in [0, 0.1) is 0 Å². The number of benzene rings is 2. The van der Waals surface area contributed by atoms with Gasteiger partial charge < -0.3 is 9.47 Å². The number of para-hydroxylation sites is 1. The quantitative estimate of drug-likeness (QED) is 0.591. The number of carbonyl (C=O) groups is 1. The van der Waals surface area contributed by atoms with E-state index in [9.17, 15) is 4.79 Å². The van der Waals surface area contributed by atoms with E-state index in [1.807, 2.05) is 54.6 Å². The summed E-state index contributed by atoms with van der Waals surface area (Å²) in [5, 5.41) is 0. The molecule has 0 heterocycles. The van der Waals surface area contributed by atoms with Crippen LogP contribution < -0.4 is 4.74 Å². The molecule has 2 rings (SSSR count). The van der Waals surface area contributed by atoms with E-state index in [4.69, 9.17) is 9.47 Å².